The maximum atomic E-state index is 12.9. The normalized spacial score (nSPS) is 13.7. The molecule has 0 amide bonds. The minimum atomic E-state index is -1.65. The van der Waals surface area contributed by atoms with E-state index in [0.29, 0.717) is 17.4 Å². The van der Waals surface area contributed by atoms with Crippen LogP contribution in [0.4, 0.5) is 0 Å². The largest absolute Gasteiger partial charge is 0.545 e. The molecule has 9 nitrogen and oxygen atoms in total. The maximum Gasteiger partial charge on any atom is 0.306 e. The van der Waals surface area contributed by atoms with Gasteiger partial charge in [-0.3, -0.25) is 9.59 Å². The SMILES string of the molecule is CC/C=C\C/C=C\C/C=C\C/C=C\C/C=C\C/C=C\C/C=C\C/C=C\C/C=C\C/C=C\CCCCC(=O)OC(COC(=O)CCCCCCCCCCCCCCCCCCCCCCC/C=C\C/C=C\C/C=C\C/C=C\C/C=C\CC)COC(OCC[N+](C)(C)C)C(=O)[O-]. The molecule has 2 atom stereocenters. The second-order valence-corrected chi connectivity index (χ2v) is 25.8. The third kappa shape index (κ3) is 75.6. The first kappa shape index (κ1) is 89.4. The van der Waals surface area contributed by atoms with Crippen LogP contribution >= 0.6 is 0 Å². The van der Waals surface area contributed by atoms with E-state index in [4.69, 9.17) is 18.9 Å². The van der Waals surface area contributed by atoms with Crippen LogP contribution in [0.5, 0.6) is 0 Å². The highest BCUT2D eigenvalue weighted by atomic mass is 16.7. The van der Waals surface area contributed by atoms with Crippen molar-refractivity contribution in [3.63, 3.8) is 0 Å². The van der Waals surface area contributed by atoms with Crippen molar-refractivity contribution in [3.05, 3.63) is 182 Å². The van der Waals surface area contributed by atoms with Gasteiger partial charge in [0.15, 0.2) is 12.4 Å². The molecule has 0 aromatic heterocycles. The number of nitrogens with zero attached hydrogens (tertiary/aromatic N) is 1. The number of hydrogen-bond acceptors (Lipinski definition) is 8. The van der Waals surface area contributed by atoms with Gasteiger partial charge in [0.05, 0.1) is 40.3 Å². The number of likely N-dealkylation sites (N-methyl/N-ethyl adjacent to an activating group) is 1. The van der Waals surface area contributed by atoms with Crippen LogP contribution in [0.2, 0.25) is 0 Å². The first-order valence-corrected chi connectivity index (χ1v) is 37.9. The van der Waals surface area contributed by atoms with Crippen molar-refractivity contribution in [3.8, 4) is 0 Å². The molecule has 95 heavy (non-hydrogen) atoms. The third-order valence-corrected chi connectivity index (χ3v) is 15.6. The molecule has 2 unspecified atom stereocenters. The minimum absolute atomic E-state index is 0.131. The predicted molar refractivity (Wildman–Crippen MR) is 407 cm³/mol. The predicted octanol–water partition coefficient (Wildman–Crippen LogP) is 23.0. The lowest BCUT2D eigenvalue weighted by Gasteiger charge is -2.26. The summed E-state index contributed by atoms with van der Waals surface area (Å²) in [6.07, 6.45) is 110. The van der Waals surface area contributed by atoms with Crippen LogP contribution in [-0.4, -0.2) is 82.3 Å². The van der Waals surface area contributed by atoms with Gasteiger partial charge in [-0.05, 0) is 135 Å². The van der Waals surface area contributed by atoms with E-state index in [1.54, 1.807) is 0 Å². The van der Waals surface area contributed by atoms with Gasteiger partial charge in [0.2, 0.25) is 0 Å². The van der Waals surface area contributed by atoms with Crippen molar-refractivity contribution in [2.24, 2.45) is 0 Å². The van der Waals surface area contributed by atoms with E-state index in [-0.39, 0.29) is 38.6 Å². The standard InChI is InChI=1S/C86H139NO8/c1-6-8-10-12-14-16-18-20-22-24-26-28-30-32-34-36-38-40-41-42-43-45-46-48-50-52-54-56-58-60-62-64-66-68-70-72-74-76-83(88)93-80-82(81-94-86(85(90)91)92-79-78-87(3,4)5)95-84(89)77-75-73-71-69-67-65-63-61-59-57-55-53-51-49-47-44-39-37-35-33-31-29-27-25-23-21-19-17-15-13-11-9-7-2/h8-11,14-17,20-23,26-29,32-35,39,44,49,51,55,57,61,63,67,69,82,86H,6-7,12-13,18-19,24-25,30-31,36-38,40-43,45-48,50,52-54,56,58-60,62,64-66,68,70-81H2,1-5H3/b10-8-,11-9-,16-14-,17-15-,22-20-,23-21-,28-26-,29-27-,34-32-,35-33-,44-39-,51-49-,57-55-,63-61-,69-67-. The highest BCUT2D eigenvalue weighted by molar-refractivity contribution is 5.70. The quantitative estimate of drug-likeness (QED) is 0.0195. The zero-order chi connectivity index (χ0) is 69.0. The number of carbonyl (C=O) groups excluding carboxylic acids is 3. The summed E-state index contributed by atoms with van der Waals surface area (Å²) in [5.74, 6) is -2.35. The van der Waals surface area contributed by atoms with Crippen LogP contribution in [0.1, 0.15) is 284 Å². The summed E-state index contributed by atoms with van der Waals surface area (Å²) >= 11 is 0. The van der Waals surface area contributed by atoms with E-state index in [1.807, 2.05) is 21.1 Å². The summed E-state index contributed by atoms with van der Waals surface area (Å²) in [5.41, 5.74) is 0. The first-order chi connectivity index (χ1) is 46.6. The Bertz CT molecular complexity index is 2220. The molecule has 0 saturated carbocycles. The van der Waals surface area contributed by atoms with Gasteiger partial charge < -0.3 is 33.3 Å². The fourth-order valence-corrected chi connectivity index (χ4v) is 9.95. The van der Waals surface area contributed by atoms with Gasteiger partial charge in [-0.15, -0.1) is 0 Å². The highest BCUT2D eigenvalue weighted by Crippen LogP contribution is 2.17. The lowest BCUT2D eigenvalue weighted by molar-refractivity contribution is -0.870. The molecule has 0 fully saturated rings. The summed E-state index contributed by atoms with van der Waals surface area (Å²) < 4.78 is 22.8. The number of carboxylic acid groups (broad SMARTS) is 1. The van der Waals surface area contributed by atoms with Crippen molar-refractivity contribution < 1.29 is 42.9 Å². The van der Waals surface area contributed by atoms with Crippen molar-refractivity contribution in [2.75, 3.05) is 47.5 Å². The molecular formula is C86H139NO8. The molecule has 9 heteroatoms. The monoisotopic (exact) mass is 1310 g/mol. The van der Waals surface area contributed by atoms with E-state index < -0.39 is 24.3 Å². The zero-order valence-electron chi connectivity index (χ0n) is 61.2. The summed E-state index contributed by atoms with van der Waals surface area (Å²) in [5, 5.41) is 11.8. The van der Waals surface area contributed by atoms with Crippen molar-refractivity contribution in [1.82, 2.24) is 0 Å². The van der Waals surface area contributed by atoms with Crippen molar-refractivity contribution in [2.45, 2.75) is 296 Å². The van der Waals surface area contributed by atoms with Gasteiger partial charge in [-0.1, -0.05) is 318 Å². The summed E-state index contributed by atoms with van der Waals surface area (Å²) in [4.78, 5) is 37.5. The Balaban J connectivity index is 4.16. The number of ether oxygens (including phenoxy) is 4. The Labute approximate surface area is 583 Å². The lowest BCUT2D eigenvalue weighted by Crippen LogP contribution is -2.44. The Morgan fingerprint density at radius 3 is 0.863 bits per heavy atom. The average molecular weight is 1320 g/mol. The van der Waals surface area contributed by atoms with E-state index in [0.717, 1.165) is 128 Å². The number of aliphatic carboxylic acids is 1. The van der Waals surface area contributed by atoms with Gasteiger partial charge in [0, 0.05) is 12.8 Å². The number of carboxylic acids is 1. The van der Waals surface area contributed by atoms with Crippen LogP contribution in [-0.2, 0) is 33.3 Å². The maximum absolute atomic E-state index is 12.9. The second-order valence-electron chi connectivity index (χ2n) is 25.8. The number of allylic oxidation sites excluding steroid dienone is 30. The molecule has 536 valence electrons. The fraction of sp³-hybridized carbons (Fsp3) is 0.616. The molecule has 0 aromatic rings. The van der Waals surface area contributed by atoms with Crippen LogP contribution in [0.15, 0.2) is 182 Å². The van der Waals surface area contributed by atoms with E-state index in [2.05, 4.69) is 196 Å². The third-order valence-electron chi connectivity index (χ3n) is 15.6. The number of quaternary nitrogens is 1. The van der Waals surface area contributed by atoms with Gasteiger partial charge >= 0.3 is 11.9 Å². The van der Waals surface area contributed by atoms with Crippen LogP contribution in [0.3, 0.4) is 0 Å². The van der Waals surface area contributed by atoms with Crippen LogP contribution in [0, 0.1) is 0 Å². The number of unbranched alkanes of at least 4 members (excludes halogenated alkanes) is 23. The Morgan fingerprint density at radius 1 is 0.316 bits per heavy atom. The second kappa shape index (κ2) is 74.2. The topological polar surface area (TPSA) is 111 Å². The molecule has 0 bridgehead atoms. The first-order valence-electron chi connectivity index (χ1n) is 37.9. The summed E-state index contributed by atoms with van der Waals surface area (Å²) in [7, 11) is 5.91. The Morgan fingerprint density at radius 2 is 0.568 bits per heavy atom. The molecular weight excluding hydrogens is 1170 g/mol. The molecule has 0 aromatic carbocycles. The Hall–Kier alpha value is -5.61. The van der Waals surface area contributed by atoms with Gasteiger partial charge in [-0.25, -0.2) is 0 Å². The van der Waals surface area contributed by atoms with Crippen LogP contribution in [0.25, 0.3) is 0 Å². The van der Waals surface area contributed by atoms with Gasteiger partial charge in [0.1, 0.15) is 13.2 Å². The van der Waals surface area contributed by atoms with Crippen molar-refractivity contribution >= 4 is 17.9 Å². The molecule has 0 aliphatic heterocycles. The molecule has 0 saturated heterocycles. The van der Waals surface area contributed by atoms with Crippen molar-refractivity contribution in [1.29, 1.82) is 0 Å². The number of esters is 2. The average Bonchev–Trinajstić information content (AvgIpc) is 3.75. The lowest BCUT2D eigenvalue weighted by atomic mass is 10.0. The van der Waals surface area contributed by atoms with Crippen LogP contribution < -0.4 is 5.11 Å². The molecule has 0 spiro atoms. The minimum Gasteiger partial charge on any atom is -0.545 e. The molecule has 0 N–H and O–H groups in total. The van der Waals surface area contributed by atoms with E-state index in [1.165, 1.54) is 122 Å². The molecule has 0 rings (SSSR count). The highest BCUT2D eigenvalue weighted by Gasteiger charge is 2.22. The number of hydrogen-bond donors (Lipinski definition) is 0. The molecule has 0 radical (unpaired) electrons. The Kier molecular flexibility index (Phi) is 69.8. The zero-order valence-corrected chi connectivity index (χ0v) is 61.2. The number of rotatable bonds is 68. The van der Waals surface area contributed by atoms with E-state index >= 15 is 0 Å². The van der Waals surface area contributed by atoms with Gasteiger partial charge in [0.25, 0.3) is 0 Å². The van der Waals surface area contributed by atoms with E-state index in [9.17, 15) is 19.5 Å². The smallest absolute Gasteiger partial charge is 0.306 e. The molecule has 0 heterocycles. The summed E-state index contributed by atoms with van der Waals surface area (Å²) in [6.45, 7) is 4.47. The summed E-state index contributed by atoms with van der Waals surface area (Å²) in [6, 6.07) is 0. The fourth-order valence-electron chi connectivity index (χ4n) is 9.95. The number of carbonyl (C=O) groups is 3. The molecule has 0 aliphatic carbocycles. The van der Waals surface area contributed by atoms with Gasteiger partial charge in [-0.2, -0.15) is 0 Å². The molecule has 0 aliphatic rings.